The Morgan fingerprint density at radius 3 is 2.64 bits per heavy atom. The molecule has 1 atom stereocenters. The number of nitro groups is 1. The second-order valence-electron chi connectivity index (χ2n) is 5.51. The van der Waals surface area contributed by atoms with Crippen molar-refractivity contribution < 1.29 is 33.1 Å². The average molecular weight is 392 g/mol. The zero-order chi connectivity index (χ0) is 20.7. The van der Waals surface area contributed by atoms with E-state index >= 15 is 0 Å². The lowest BCUT2D eigenvalue weighted by Crippen LogP contribution is -2.31. The van der Waals surface area contributed by atoms with Crippen molar-refractivity contribution in [3.05, 3.63) is 58.4 Å². The Morgan fingerprint density at radius 2 is 2.00 bits per heavy atom. The summed E-state index contributed by atoms with van der Waals surface area (Å²) in [6.07, 6.45) is -1.18. The summed E-state index contributed by atoms with van der Waals surface area (Å²) in [6, 6.07) is 8.86. The number of esters is 1. The maximum atomic E-state index is 13.0. The third-order valence-electron chi connectivity index (χ3n) is 3.48. The minimum atomic E-state index is -1.18. The molecule has 0 aliphatic heterocycles. The van der Waals surface area contributed by atoms with Crippen molar-refractivity contribution in [1.29, 1.82) is 0 Å². The van der Waals surface area contributed by atoms with Gasteiger partial charge < -0.3 is 19.5 Å². The first-order valence-electron chi connectivity index (χ1n) is 8.01. The van der Waals surface area contributed by atoms with Gasteiger partial charge in [-0.2, -0.15) is 0 Å². The van der Waals surface area contributed by atoms with Gasteiger partial charge in [-0.1, -0.05) is 6.07 Å². The van der Waals surface area contributed by atoms with Gasteiger partial charge in [0.15, 0.2) is 12.7 Å². The molecule has 0 heterocycles. The van der Waals surface area contributed by atoms with Gasteiger partial charge in [-0.15, -0.1) is 0 Å². The Morgan fingerprint density at radius 1 is 1.25 bits per heavy atom. The molecule has 0 spiro atoms. The average Bonchev–Trinajstić information content (AvgIpc) is 2.66. The molecular weight excluding hydrogens is 375 g/mol. The number of hydrogen-bond acceptors (Lipinski definition) is 7. The van der Waals surface area contributed by atoms with E-state index in [-0.39, 0.29) is 22.9 Å². The zero-order valence-electron chi connectivity index (χ0n) is 15.0. The van der Waals surface area contributed by atoms with Gasteiger partial charge in [0.1, 0.15) is 17.3 Å². The standard InChI is InChI=1S/C18H17FN2O7/c1-11(28-17(22)10-27-14-5-3-4-12(19)8-14)18(23)20-15-7-6-13(21(24)25)9-16(15)26-2/h3-9,11H,10H2,1-2H3,(H,20,23)/t11-/m1/s1. The summed E-state index contributed by atoms with van der Waals surface area (Å²) in [5.74, 6) is -1.80. The van der Waals surface area contributed by atoms with E-state index in [1.165, 1.54) is 44.4 Å². The second kappa shape index (κ2) is 9.31. The van der Waals surface area contributed by atoms with Crippen LogP contribution < -0.4 is 14.8 Å². The van der Waals surface area contributed by atoms with E-state index in [0.29, 0.717) is 0 Å². The quantitative estimate of drug-likeness (QED) is 0.417. The van der Waals surface area contributed by atoms with E-state index in [1.807, 2.05) is 0 Å². The minimum Gasteiger partial charge on any atom is -0.494 e. The smallest absolute Gasteiger partial charge is 0.344 e. The van der Waals surface area contributed by atoms with Crippen LogP contribution in [-0.2, 0) is 14.3 Å². The normalized spacial score (nSPS) is 11.2. The third kappa shape index (κ3) is 5.66. The van der Waals surface area contributed by atoms with E-state index in [2.05, 4.69) is 5.32 Å². The molecule has 0 radical (unpaired) electrons. The number of nitro benzene ring substituents is 1. The number of nitrogens with one attached hydrogen (secondary N) is 1. The van der Waals surface area contributed by atoms with Gasteiger partial charge in [-0.3, -0.25) is 14.9 Å². The van der Waals surface area contributed by atoms with E-state index < -0.39 is 35.3 Å². The van der Waals surface area contributed by atoms with Crippen molar-refractivity contribution in [1.82, 2.24) is 0 Å². The summed E-state index contributed by atoms with van der Waals surface area (Å²) < 4.78 is 28.1. The van der Waals surface area contributed by atoms with Crippen molar-refractivity contribution >= 4 is 23.3 Å². The van der Waals surface area contributed by atoms with Crippen LogP contribution in [0.3, 0.4) is 0 Å². The number of amides is 1. The molecule has 2 aromatic rings. The summed E-state index contributed by atoms with van der Waals surface area (Å²) in [6.45, 7) is 0.829. The zero-order valence-corrected chi connectivity index (χ0v) is 15.0. The minimum absolute atomic E-state index is 0.0792. The first-order chi connectivity index (χ1) is 13.3. The molecule has 0 aromatic heterocycles. The van der Waals surface area contributed by atoms with Gasteiger partial charge in [0, 0.05) is 12.1 Å². The lowest BCUT2D eigenvalue weighted by Gasteiger charge is -2.15. The maximum Gasteiger partial charge on any atom is 0.344 e. The number of nitrogens with zero attached hydrogens (tertiary/aromatic N) is 1. The highest BCUT2D eigenvalue weighted by atomic mass is 19.1. The molecular formula is C18H17FN2O7. The number of hydrogen-bond donors (Lipinski definition) is 1. The van der Waals surface area contributed by atoms with E-state index in [1.54, 1.807) is 0 Å². The monoisotopic (exact) mass is 392 g/mol. The van der Waals surface area contributed by atoms with Crippen molar-refractivity contribution in [3.63, 3.8) is 0 Å². The van der Waals surface area contributed by atoms with Crippen molar-refractivity contribution in [2.24, 2.45) is 0 Å². The van der Waals surface area contributed by atoms with Crippen molar-refractivity contribution in [2.45, 2.75) is 13.0 Å². The van der Waals surface area contributed by atoms with Crippen LogP contribution in [0.2, 0.25) is 0 Å². The molecule has 148 valence electrons. The number of methoxy groups -OCH3 is 1. The van der Waals surface area contributed by atoms with Gasteiger partial charge >= 0.3 is 5.97 Å². The number of anilines is 1. The van der Waals surface area contributed by atoms with Crippen LogP contribution in [0.4, 0.5) is 15.8 Å². The molecule has 10 heteroatoms. The van der Waals surface area contributed by atoms with Gasteiger partial charge in [0.2, 0.25) is 0 Å². The Bertz CT molecular complexity index is 888. The summed E-state index contributed by atoms with van der Waals surface area (Å²) in [5.41, 5.74) is -0.0270. The summed E-state index contributed by atoms with van der Waals surface area (Å²) in [5, 5.41) is 13.2. The highest BCUT2D eigenvalue weighted by Gasteiger charge is 2.20. The number of rotatable bonds is 8. The molecule has 1 N–H and O–H groups in total. The van der Waals surface area contributed by atoms with Crippen LogP contribution in [0, 0.1) is 15.9 Å². The second-order valence-corrected chi connectivity index (χ2v) is 5.51. The molecule has 0 saturated heterocycles. The van der Waals surface area contributed by atoms with Gasteiger partial charge in [0.05, 0.1) is 23.8 Å². The van der Waals surface area contributed by atoms with Crippen LogP contribution in [0.15, 0.2) is 42.5 Å². The molecule has 0 fully saturated rings. The number of carbonyl (C=O) groups excluding carboxylic acids is 2. The first-order valence-corrected chi connectivity index (χ1v) is 8.01. The Kier molecular flexibility index (Phi) is 6.85. The highest BCUT2D eigenvalue weighted by molar-refractivity contribution is 5.96. The predicted molar refractivity (Wildman–Crippen MR) is 95.7 cm³/mol. The third-order valence-corrected chi connectivity index (χ3v) is 3.48. The summed E-state index contributed by atoms with van der Waals surface area (Å²) in [4.78, 5) is 34.2. The topological polar surface area (TPSA) is 117 Å². The first kappa shape index (κ1) is 20.6. The largest absolute Gasteiger partial charge is 0.494 e. The fraction of sp³-hybridized carbons (Fsp3) is 0.222. The molecule has 28 heavy (non-hydrogen) atoms. The molecule has 0 saturated carbocycles. The van der Waals surface area contributed by atoms with Gasteiger partial charge in [-0.05, 0) is 25.1 Å². The number of benzene rings is 2. The molecule has 0 aliphatic rings. The molecule has 1 amide bonds. The van der Waals surface area contributed by atoms with Crippen LogP contribution in [-0.4, -0.2) is 36.6 Å². The van der Waals surface area contributed by atoms with E-state index in [9.17, 15) is 24.1 Å². The number of non-ortho nitro benzene ring substituents is 1. The van der Waals surface area contributed by atoms with Gasteiger partial charge in [-0.25, -0.2) is 9.18 Å². The molecule has 9 nitrogen and oxygen atoms in total. The van der Waals surface area contributed by atoms with Crippen molar-refractivity contribution in [2.75, 3.05) is 19.0 Å². The maximum absolute atomic E-state index is 13.0. The number of ether oxygens (including phenoxy) is 3. The Labute approximate surface area is 159 Å². The Balaban J connectivity index is 1.91. The molecule has 0 aliphatic carbocycles. The molecule has 0 bridgehead atoms. The van der Waals surface area contributed by atoms with Crippen molar-refractivity contribution in [3.8, 4) is 11.5 Å². The molecule has 2 aromatic carbocycles. The van der Waals surface area contributed by atoms with Crippen LogP contribution in [0.25, 0.3) is 0 Å². The highest BCUT2D eigenvalue weighted by Crippen LogP contribution is 2.29. The van der Waals surface area contributed by atoms with Crippen LogP contribution >= 0.6 is 0 Å². The van der Waals surface area contributed by atoms with E-state index in [0.717, 1.165) is 12.1 Å². The fourth-order valence-electron chi connectivity index (χ4n) is 2.11. The lowest BCUT2D eigenvalue weighted by molar-refractivity contribution is -0.384. The number of carbonyl (C=O) groups is 2. The fourth-order valence-corrected chi connectivity index (χ4v) is 2.11. The Hall–Kier alpha value is -3.69. The molecule has 2 rings (SSSR count). The summed E-state index contributed by atoms with van der Waals surface area (Å²) >= 11 is 0. The van der Waals surface area contributed by atoms with Crippen LogP contribution in [0.5, 0.6) is 11.5 Å². The van der Waals surface area contributed by atoms with Crippen LogP contribution in [0.1, 0.15) is 6.92 Å². The predicted octanol–water partition coefficient (Wildman–Crippen LogP) is 2.69. The molecule has 0 unspecified atom stereocenters. The SMILES string of the molecule is COc1cc([N+](=O)[O-])ccc1NC(=O)[C@@H](C)OC(=O)COc1cccc(F)c1. The van der Waals surface area contributed by atoms with E-state index in [4.69, 9.17) is 14.2 Å². The lowest BCUT2D eigenvalue weighted by atomic mass is 10.2. The number of halogens is 1. The van der Waals surface area contributed by atoms with Gasteiger partial charge in [0.25, 0.3) is 11.6 Å². The summed E-state index contributed by atoms with van der Waals surface area (Å²) in [7, 11) is 1.29.